The van der Waals surface area contributed by atoms with E-state index in [-0.39, 0.29) is 5.91 Å². The van der Waals surface area contributed by atoms with Crippen LogP contribution in [0.5, 0.6) is 11.5 Å². The Labute approximate surface area is 135 Å². The zero-order valence-electron chi connectivity index (χ0n) is 12.5. The first-order valence-electron chi connectivity index (χ1n) is 7.28. The summed E-state index contributed by atoms with van der Waals surface area (Å²) < 4.78 is 5.82. The molecule has 1 radical (unpaired) electrons. The third-order valence-corrected chi connectivity index (χ3v) is 3.31. The van der Waals surface area contributed by atoms with Gasteiger partial charge in [-0.2, -0.15) is 0 Å². The second kappa shape index (κ2) is 6.79. The van der Waals surface area contributed by atoms with E-state index >= 15 is 0 Å². The first kappa shape index (κ1) is 14.9. The van der Waals surface area contributed by atoms with Crippen molar-refractivity contribution in [2.45, 2.75) is 0 Å². The molecule has 23 heavy (non-hydrogen) atoms. The van der Waals surface area contributed by atoms with Crippen molar-refractivity contribution in [2.24, 2.45) is 0 Å². The summed E-state index contributed by atoms with van der Waals surface area (Å²) in [5, 5.41) is 2.86. The molecule has 3 aromatic carbocycles. The summed E-state index contributed by atoms with van der Waals surface area (Å²) in [7, 11) is 0. The molecule has 0 heterocycles. The Morgan fingerprint density at radius 1 is 0.826 bits per heavy atom. The van der Waals surface area contributed by atoms with Gasteiger partial charge in [-0.05, 0) is 48.9 Å². The third kappa shape index (κ3) is 3.77. The molecule has 1 N–H and O–H groups in total. The van der Waals surface area contributed by atoms with E-state index in [1.807, 2.05) is 66.7 Å². The molecule has 0 bridgehead atoms. The van der Waals surface area contributed by atoms with Gasteiger partial charge in [0.2, 0.25) is 0 Å². The molecule has 3 heteroatoms. The average molecular weight is 302 g/mol. The number of carbonyl (C=O) groups excluding carboxylic acids is 1. The van der Waals surface area contributed by atoms with Crippen molar-refractivity contribution in [2.75, 3.05) is 5.32 Å². The van der Waals surface area contributed by atoms with Crippen LogP contribution in [0, 0.1) is 6.92 Å². The van der Waals surface area contributed by atoms with Crippen molar-refractivity contribution in [1.82, 2.24) is 0 Å². The van der Waals surface area contributed by atoms with Gasteiger partial charge in [0, 0.05) is 5.69 Å². The summed E-state index contributed by atoms with van der Waals surface area (Å²) in [5.41, 5.74) is 2.10. The highest BCUT2D eigenvalue weighted by Gasteiger charge is 2.13. The Kier molecular flexibility index (Phi) is 4.39. The van der Waals surface area contributed by atoms with Crippen molar-refractivity contribution in [3.63, 3.8) is 0 Å². The molecule has 0 spiro atoms. The fraction of sp³-hybridized carbons (Fsp3) is 0. The third-order valence-electron chi connectivity index (χ3n) is 3.31. The molecule has 1 amide bonds. The minimum atomic E-state index is -0.214. The molecule has 0 aliphatic heterocycles. The van der Waals surface area contributed by atoms with Gasteiger partial charge in [0.1, 0.15) is 11.5 Å². The average Bonchev–Trinajstić information content (AvgIpc) is 2.58. The molecule has 0 aliphatic carbocycles. The number of hydrogen-bond donors (Lipinski definition) is 1. The van der Waals surface area contributed by atoms with E-state index in [2.05, 4.69) is 12.2 Å². The van der Waals surface area contributed by atoms with Crippen LogP contribution in [-0.4, -0.2) is 5.91 Å². The molecule has 0 aromatic heterocycles. The minimum Gasteiger partial charge on any atom is -0.457 e. The number of para-hydroxylation sites is 2. The van der Waals surface area contributed by atoms with Crippen LogP contribution >= 0.6 is 0 Å². The molecule has 3 rings (SSSR count). The number of rotatable bonds is 4. The minimum absolute atomic E-state index is 0.214. The maximum atomic E-state index is 12.5. The van der Waals surface area contributed by atoms with Gasteiger partial charge < -0.3 is 10.1 Å². The second-order valence-electron chi connectivity index (χ2n) is 5.06. The highest BCUT2D eigenvalue weighted by Crippen LogP contribution is 2.25. The molecule has 0 unspecified atom stereocenters. The van der Waals surface area contributed by atoms with Gasteiger partial charge in [0.15, 0.2) is 0 Å². The van der Waals surface area contributed by atoms with Crippen LogP contribution in [0.3, 0.4) is 0 Å². The van der Waals surface area contributed by atoms with Crippen molar-refractivity contribution < 1.29 is 9.53 Å². The summed E-state index contributed by atoms with van der Waals surface area (Å²) in [4.78, 5) is 12.5. The van der Waals surface area contributed by atoms with E-state index in [9.17, 15) is 4.79 Å². The molecule has 113 valence electrons. The second-order valence-corrected chi connectivity index (χ2v) is 5.06. The first-order chi connectivity index (χ1) is 11.2. The van der Waals surface area contributed by atoms with Crippen LogP contribution in [0.2, 0.25) is 0 Å². The van der Waals surface area contributed by atoms with Gasteiger partial charge in [0.25, 0.3) is 5.91 Å². The summed E-state index contributed by atoms with van der Waals surface area (Å²) in [6.07, 6.45) is 0. The Bertz CT molecular complexity index is 795. The number of ether oxygens (including phenoxy) is 1. The fourth-order valence-electron chi connectivity index (χ4n) is 2.15. The van der Waals surface area contributed by atoms with E-state index in [0.717, 1.165) is 11.3 Å². The van der Waals surface area contributed by atoms with Gasteiger partial charge in [0.05, 0.1) is 5.56 Å². The largest absolute Gasteiger partial charge is 0.457 e. The number of anilines is 1. The van der Waals surface area contributed by atoms with E-state index in [4.69, 9.17) is 4.74 Å². The van der Waals surface area contributed by atoms with E-state index < -0.39 is 0 Å². The lowest BCUT2D eigenvalue weighted by Gasteiger charge is -2.11. The number of carbonyl (C=O) groups is 1. The molecule has 0 aliphatic rings. The van der Waals surface area contributed by atoms with E-state index in [1.54, 1.807) is 12.1 Å². The van der Waals surface area contributed by atoms with Crippen LogP contribution in [-0.2, 0) is 0 Å². The highest BCUT2D eigenvalue weighted by molar-refractivity contribution is 6.06. The Morgan fingerprint density at radius 2 is 1.48 bits per heavy atom. The number of amides is 1. The predicted octanol–water partition coefficient (Wildman–Crippen LogP) is 4.91. The summed E-state index contributed by atoms with van der Waals surface area (Å²) >= 11 is 0. The molecule has 0 saturated heterocycles. The molecule has 0 atom stereocenters. The lowest BCUT2D eigenvalue weighted by molar-refractivity contribution is 0.102. The smallest absolute Gasteiger partial charge is 0.259 e. The summed E-state index contributed by atoms with van der Waals surface area (Å²) in [6, 6.07) is 23.9. The molecule has 3 nitrogen and oxygen atoms in total. The van der Waals surface area contributed by atoms with Crippen LogP contribution in [0.25, 0.3) is 0 Å². The number of hydrogen-bond acceptors (Lipinski definition) is 2. The Morgan fingerprint density at radius 3 is 2.22 bits per heavy atom. The van der Waals surface area contributed by atoms with Crippen LogP contribution in [0.15, 0.2) is 78.9 Å². The molecular weight excluding hydrogens is 286 g/mol. The molecule has 0 saturated carbocycles. The van der Waals surface area contributed by atoms with Crippen molar-refractivity contribution in [1.29, 1.82) is 0 Å². The number of benzene rings is 3. The van der Waals surface area contributed by atoms with Crippen LogP contribution in [0.4, 0.5) is 5.69 Å². The SMILES string of the molecule is [CH2]c1ccc(NC(=O)c2ccccc2Oc2ccccc2)cc1. The van der Waals surface area contributed by atoms with Gasteiger partial charge in [-0.3, -0.25) is 4.79 Å². The van der Waals surface area contributed by atoms with E-state index in [1.165, 1.54) is 0 Å². The highest BCUT2D eigenvalue weighted by atomic mass is 16.5. The quantitative estimate of drug-likeness (QED) is 0.743. The van der Waals surface area contributed by atoms with Gasteiger partial charge in [-0.25, -0.2) is 0 Å². The summed E-state index contributed by atoms with van der Waals surface area (Å²) in [5.74, 6) is 0.993. The summed E-state index contributed by atoms with van der Waals surface area (Å²) in [6.45, 7) is 3.83. The maximum absolute atomic E-state index is 12.5. The lowest BCUT2D eigenvalue weighted by atomic mass is 10.1. The van der Waals surface area contributed by atoms with Crippen molar-refractivity contribution in [3.8, 4) is 11.5 Å². The molecular formula is C20H16NO2. The molecule has 0 fully saturated rings. The number of nitrogens with one attached hydrogen (secondary N) is 1. The predicted molar refractivity (Wildman–Crippen MR) is 91.8 cm³/mol. The van der Waals surface area contributed by atoms with E-state index in [0.29, 0.717) is 17.1 Å². The zero-order valence-corrected chi connectivity index (χ0v) is 12.5. The zero-order chi connectivity index (χ0) is 16.1. The maximum Gasteiger partial charge on any atom is 0.259 e. The van der Waals surface area contributed by atoms with Gasteiger partial charge >= 0.3 is 0 Å². The Balaban J connectivity index is 1.82. The van der Waals surface area contributed by atoms with Crippen molar-refractivity contribution >= 4 is 11.6 Å². The standard InChI is InChI=1S/C20H16NO2/c1-15-11-13-16(14-12-15)21-20(22)18-9-5-6-10-19(18)23-17-7-3-2-4-8-17/h2-14H,1H2,(H,21,22). The normalized spacial score (nSPS) is 10.1. The van der Waals surface area contributed by atoms with Crippen LogP contribution < -0.4 is 10.1 Å². The first-order valence-corrected chi connectivity index (χ1v) is 7.28. The van der Waals surface area contributed by atoms with Gasteiger partial charge in [-0.1, -0.05) is 42.5 Å². The fourth-order valence-corrected chi connectivity index (χ4v) is 2.15. The Hall–Kier alpha value is -3.07. The van der Waals surface area contributed by atoms with Crippen molar-refractivity contribution in [3.05, 3.63) is 96.9 Å². The topological polar surface area (TPSA) is 38.3 Å². The monoisotopic (exact) mass is 302 g/mol. The molecule has 3 aromatic rings. The lowest BCUT2D eigenvalue weighted by Crippen LogP contribution is -2.12. The van der Waals surface area contributed by atoms with Crippen LogP contribution in [0.1, 0.15) is 15.9 Å². The van der Waals surface area contributed by atoms with Gasteiger partial charge in [-0.15, -0.1) is 0 Å².